The van der Waals surface area contributed by atoms with Crippen LogP contribution in [0.1, 0.15) is 18.4 Å². The summed E-state index contributed by atoms with van der Waals surface area (Å²) >= 11 is 0. The van der Waals surface area contributed by atoms with Crippen LogP contribution in [0.25, 0.3) is 0 Å². The zero-order valence-electron chi connectivity index (χ0n) is 7.48. The van der Waals surface area contributed by atoms with E-state index in [1.54, 1.807) is 0 Å². The van der Waals surface area contributed by atoms with Crippen LogP contribution in [-0.4, -0.2) is 23.5 Å². The van der Waals surface area contributed by atoms with E-state index >= 15 is 0 Å². The van der Waals surface area contributed by atoms with Gasteiger partial charge in [-0.05, 0) is 12.0 Å². The van der Waals surface area contributed by atoms with Crippen LogP contribution in [-0.2, 0) is 0 Å². The normalized spacial score (nSPS) is 22.5. The number of aliphatic imine (C=N–C) groups is 1. The van der Waals surface area contributed by atoms with Gasteiger partial charge in [0.05, 0.1) is 6.10 Å². The van der Waals surface area contributed by atoms with Crippen molar-refractivity contribution in [2.24, 2.45) is 4.99 Å². The summed E-state index contributed by atoms with van der Waals surface area (Å²) in [6.07, 6.45) is 1.30. The van der Waals surface area contributed by atoms with Crippen LogP contribution in [0.4, 0.5) is 0 Å². The van der Waals surface area contributed by atoms with E-state index in [1.807, 2.05) is 30.3 Å². The maximum atomic E-state index is 9.46. The van der Waals surface area contributed by atoms with Crippen LogP contribution in [0, 0.1) is 0 Å². The average Bonchev–Trinajstić information content (AvgIpc) is 2.19. The second-order valence-electron chi connectivity index (χ2n) is 3.34. The first-order valence-corrected chi connectivity index (χ1v) is 4.63. The van der Waals surface area contributed by atoms with Crippen molar-refractivity contribution in [2.75, 3.05) is 6.54 Å². The molecular formula is C11H13NO. The number of hydrogen-bond acceptors (Lipinski definition) is 2. The Labute approximate surface area is 77.9 Å². The molecule has 0 amide bonds. The highest BCUT2D eigenvalue weighted by Crippen LogP contribution is 2.13. The monoisotopic (exact) mass is 175 g/mol. The Morgan fingerprint density at radius 3 is 2.69 bits per heavy atom. The van der Waals surface area contributed by atoms with E-state index in [9.17, 15) is 5.11 Å². The Morgan fingerprint density at radius 2 is 2.00 bits per heavy atom. The molecule has 1 aromatic carbocycles. The lowest BCUT2D eigenvalue weighted by Gasteiger charge is -2.17. The lowest BCUT2D eigenvalue weighted by Crippen LogP contribution is -2.20. The van der Waals surface area contributed by atoms with Gasteiger partial charge in [0.1, 0.15) is 0 Å². The van der Waals surface area contributed by atoms with Gasteiger partial charge in [0.15, 0.2) is 0 Å². The largest absolute Gasteiger partial charge is 0.393 e. The molecule has 0 saturated carbocycles. The van der Waals surface area contributed by atoms with Crippen molar-refractivity contribution in [1.82, 2.24) is 0 Å². The molecule has 0 bridgehead atoms. The summed E-state index contributed by atoms with van der Waals surface area (Å²) in [7, 11) is 0. The minimum Gasteiger partial charge on any atom is -0.393 e. The standard InChI is InChI=1S/C11H13NO/c13-10-6-7-12-11(8-10)9-4-2-1-3-5-9/h1-5,10,13H,6-8H2. The van der Waals surface area contributed by atoms with E-state index in [0.29, 0.717) is 6.42 Å². The number of aliphatic hydroxyl groups excluding tert-OH is 1. The van der Waals surface area contributed by atoms with Gasteiger partial charge in [0, 0.05) is 18.7 Å². The Balaban J connectivity index is 2.22. The molecule has 1 aliphatic rings. The van der Waals surface area contributed by atoms with Gasteiger partial charge in [-0.15, -0.1) is 0 Å². The smallest absolute Gasteiger partial charge is 0.0613 e. The third-order valence-electron chi connectivity index (χ3n) is 2.30. The first kappa shape index (κ1) is 8.45. The van der Waals surface area contributed by atoms with Gasteiger partial charge in [0.25, 0.3) is 0 Å². The number of aliphatic hydroxyl groups is 1. The summed E-state index contributed by atoms with van der Waals surface area (Å²) in [5.74, 6) is 0. The van der Waals surface area contributed by atoms with Crippen LogP contribution < -0.4 is 0 Å². The molecule has 1 aliphatic heterocycles. The highest BCUT2D eigenvalue weighted by molar-refractivity contribution is 6.01. The third-order valence-corrected chi connectivity index (χ3v) is 2.30. The summed E-state index contributed by atoms with van der Waals surface area (Å²) in [5, 5.41) is 9.46. The second kappa shape index (κ2) is 3.71. The number of nitrogens with zero attached hydrogens (tertiary/aromatic N) is 1. The van der Waals surface area contributed by atoms with Gasteiger partial charge >= 0.3 is 0 Å². The van der Waals surface area contributed by atoms with Crippen molar-refractivity contribution >= 4 is 5.71 Å². The number of benzene rings is 1. The molecule has 0 fully saturated rings. The molecule has 1 atom stereocenters. The molecular weight excluding hydrogens is 162 g/mol. The fourth-order valence-corrected chi connectivity index (χ4v) is 1.58. The highest BCUT2D eigenvalue weighted by Gasteiger charge is 2.14. The molecule has 13 heavy (non-hydrogen) atoms. The lowest BCUT2D eigenvalue weighted by atomic mass is 10.00. The average molecular weight is 175 g/mol. The molecule has 1 aromatic rings. The quantitative estimate of drug-likeness (QED) is 0.691. The van der Waals surface area contributed by atoms with E-state index in [1.165, 1.54) is 0 Å². The van der Waals surface area contributed by atoms with Crippen LogP contribution in [0.2, 0.25) is 0 Å². The highest BCUT2D eigenvalue weighted by atomic mass is 16.3. The number of rotatable bonds is 1. The van der Waals surface area contributed by atoms with Gasteiger partial charge in [-0.2, -0.15) is 0 Å². The van der Waals surface area contributed by atoms with Gasteiger partial charge in [0.2, 0.25) is 0 Å². The van der Waals surface area contributed by atoms with Crippen molar-refractivity contribution in [1.29, 1.82) is 0 Å². The summed E-state index contributed by atoms with van der Waals surface area (Å²) < 4.78 is 0. The Bertz CT molecular complexity index is 305. The van der Waals surface area contributed by atoms with Crippen molar-refractivity contribution in [3.8, 4) is 0 Å². The molecule has 0 aromatic heterocycles. The molecule has 2 rings (SSSR count). The molecule has 1 unspecified atom stereocenters. The molecule has 2 nitrogen and oxygen atoms in total. The summed E-state index contributed by atoms with van der Waals surface area (Å²) in [6, 6.07) is 10.1. The SMILES string of the molecule is OC1CCN=C(c2ccccc2)C1. The van der Waals surface area contributed by atoms with Crippen LogP contribution >= 0.6 is 0 Å². The Kier molecular flexibility index (Phi) is 2.41. The Morgan fingerprint density at radius 1 is 1.23 bits per heavy atom. The van der Waals surface area contributed by atoms with Crippen LogP contribution in [0.3, 0.4) is 0 Å². The maximum absolute atomic E-state index is 9.46. The van der Waals surface area contributed by atoms with E-state index in [4.69, 9.17) is 0 Å². The van der Waals surface area contributed by atoms with E-state index in [0.717, 1.165) is 24.2 Å². The first-order valence-electron chi connectivity index (χ1n) is 4.63. The molecule has 0 saturated heterocycles. The Hall–Kier alpha value is -1.15. The van der Waals surface area contributed by atoms with E-state index in [2.05, 4.69) is 4.99 Å². The van der Waals surface area contributed by atoms with Crippen molar-refractivity contribution in [3.05, 3.63) is 35.9 Å². The van der Waals surface area contributed by atoms with Crippen molar-refractivity contribution < 1.29 is 5.11 Å². The molecule has 0 spiro atoms. The summed E-state index contributed by atoms with van der Waals surface area (Å²) in [5.41, 5.74) is 2.18. The van der Waals surface area contributed by atoms with Gasteiger partial charge in [-0.1, -0.05) is 30.3 Å². The predicted molar refractivity (Wildman–Crippen MR) is 53.1 cm³/mol. The van der Waals surface area contributed by atoms with Gasteiger partial charge < -0.3 is 5.11 Å². The van der Waals surface area contributed by atoms with Gasteiger partial charge in [-0.25, -0.2) is 0 Å². The predicted octanol–water partition coefficient (Wildman–Crippen LogP) is 1.63. The minimum absolute atomic E-state index is 0.201. The van der Waals surface area contributed by atoms with Crippen molar-refractivity contribution in [3.63, 3.8) is 0 Å². The van der Waals surface area contributed by atoms with E-state index in [-0.39, 0.29) is 6.10 Å². The minimum atomic E-state index is -0.201. The molecule has 1 N–H and O–H groups in total. The third kappa shape index (κ3) is 1.95. The maximum Gasteiger partial charge on any atom is 0.0613 e. The summed E-state index contributed by atoms with van der Waals surface area (Å²) in [6.45, 7) is 0.755. The zero-order valence-corrected chi connectivity index (χ0v) is 7.48. The van der Waals surface area contributed by atoms with E-state index < -0.39 is 0 Å². The molecule has 0 aliphatic carbocycles. The molecule has 68 valence electrons. The van der Waals surface area contributed by atoms with Crippen molar-refractivity contribution in [2.45, 2.75) is 18.9 Å². The fraction of sp³-hybridized carbons (Fsp3) is 0.364. The lowest BCUT2D eigenvalue weighted by molar-refractivity contribution is 0.171. The molecule has 0 radical (unpaired) electrons. The van der Waals surface area contributed by atoms with Crippen LogP contribution in [0.5, 0.6) is 0 Å². The topological polar surface area (TPSA) is 32.6 Å². The first-order chi connectivity index (χ1) is 6.36. The zero-order chi connectivity index (χ0) is 9.10. The molecule has 1 heterocycles. The molecule has 2 heteroatoms. The van der Waals surface area contributed by atoms with Crippen LogP contribution in [0.15, 0.2) is 35.3 Å². The fourth-order valence-electron chi connectivity index (χ4n) is 1.58. The van der Waals surface area contributed by atoms with Gasteiger partial charge in [-0.3, -0.25) is 4.99 Å². The summed E-state index contributed by atoms with van der Waals surface area (Å²) in [4.78, 5) is 4.41. The second-order valence-corrected chi connectivity index (χ2v) is 3.34. The number of hydrogen-bond donors (Lipinski definition) is 1.